The second-order valence-corrected chi connectivity index (χ2v) is 5.32. The number of benzene rings is 2. The summed E-state index contributed by atoms with van der Waals surface area (Å²) in [6.07, 6.45) is 2.15. The van der Waals surface area contributed by atoms with E-state index in [4.69, 9.17) is 0 Å². The Bertz CT molecular complexity index is 554. The van der Waals surface area contributed by atoms with Crippen molar-refractivity contribution in [1.82, 2.24) is 5.32 Å². The van der Waals surface area contributed by atoms with Crippen molar-refractivity contribution in [2.75, 3.05) is 0 Å². The van der Waals surface area contributed by atoms with Crippen molar-refractivity contribution in [2.45, 2.75) is 31.8 Å². The highest BCUT2D eigenvalue weighted by Gasteiger charge is 2.23. The summed E-state index contributed by atoms with van der Waals surface area (Å²) in [4.78, 5) is 0. The minimum atomic E-state index is 0.167. The number of para-hydroxylation sites is 1. The smallest absolute Gasteiger partial charge is 0.120 e. The van der Waals surface area contributed by atoms with Gasteiger partial charge in [0.15, 0.2) is 0 Å². The first-order chi connectivity index (χ1) is 9.24. The predicted molar refractivity (Wildman–Crippen MR) is 77.3 cm³/mol. The van der Waals surface area contributed by atoms with E-state index >= 15 is 0 Å². The Morgan fingerprint density at radius 2 is 1.58 bits per heavy atom. The Hall–Kier alpha value is -1.80. The maximum Gasteiger partial charge on any atom is 0.120 e. The van der Waals surface area contributed by atoms with Crippen LogP contribution in [0.2, 0.25) is 0 Å². The standard InChI is InChI=1S/C17H19NO/c1-12(16-8-4-5-9-17(16)19)18-15-10-13-6-2-3-7-14(13)11-15/h2-9,12,15,18-19H,10-11H2,1H3. The predicted octanol–water partition coefficient (Wildman–Crippen LogP) is 3.21. The number of fused-ring (bicyclic) bond motifs is 1. The molecule has 2 aromatic rings. The van der Waals surface area contributed by atoms with Crippen LogP contribution in [0.5, 0.6) is 5.75 Å². The van der Waals surface area contributed by atoms with E-state index in [2.05, 4.69) is 36.5 Å². The number of rotatable bonds is 3. The van der Waals surface area contributed by atoms with Gasteiger partial charge in [-0.15, -0.1) is 0 Å². The minimum absolute atomic E-state index is 0.167. The van der Waals surface area contributed by atoms with Crippen LogP contribution in [0.15, 0.2) is 48.5 Å². The van der Waals surface area contributed by atoms with Crippen LogP contribution in [0.4, 0.5) is 0 Å². The van der Waals surface area contributed by atoms with Gasteiger partial charge in [0.2, 0.25) is 0 Å². The average molecular weight is 253 g/mol. The molecule has 2 N–H and O–H groups in total. The van der Waals surface area contributed by atoms with Crippen molar-refractivity contribution in [3.05, 3.63) is 65.2 Å². The summed E-state index contributed by atoms with van der Waals surface area (Å²) in [5.74, 6) is 0.373. The van der Waals surface area contributed by atoms with E-state index in [1.54, 1.807) is 6.07 Å². The number of hydrogen-bond donors (Lipinski definition) is 2. The highest BCUT2D eigenvalue weighted by atomic mass is 16.3. The van der Waals surface area contributed by atoms with E-state index in [0.29, 0.717) is 11.8 Å². The number of aromatic hydroxyl groups is 1. The molecule has 0 aliphatic heterocycles. The summed E-state index contributed by atoms with van der Waals surface area (Å²) in [7, 11) is 0. The summed E-state index contributed by atoms with van der Waals surface area (Å²) in [5, 5.41) is 13.5. The summed E-state index contributed by atoms with van der Waals surface area (Å²) in [6, 6.07) is 16.8. The highest BCUT2D eigenvalue weighted by Crippen LogP contribution is 2.27. The van der Waals surface area contributed by atoms with Gasteiger partial charge in [-0.1, -0.05) is 42.5 Å². The topological polar surface area (TPSA) is 32.3 Å². The molecule has 1 aliphatic carbocycles. The van der Waals surface area contributed by atoms with E-state index in [-0.39, 0.29) is 6.04 Å². The van der Waals surface area contributed by atoms with Crippen LogP contribution in [0.25, 0.3) is 0 Å². The molecule has 1 aliphatic rings. The zero-order chi connectivity index (χ0) is 13.2. The van der Waals surface area contributed by atoms with Crippen molar-refractivity contribution in [3.63, 3.8) is 0 Å². The molecule has 2 aromatic carbocycles. The largest absolute Gasteiger partial charge is 0.508 e. The quantitative estimate of drug-likeness (QED) is 0.880. The van der Waals surface area contributed by atoms with Crippen molar-refractivity contribution < 1.29 is 5.11 Å². The maximum absolute atomic E-state index is 9.89. The Morgan fingerprint density at radius 1 is 1.00 bits per heavy atom. The number of nitrogens with one attached hydrogen (secondary N) is 1. The van der Waals surface area contributed by atoms with Crippen LogP contribution in [-0.2, 0) is 12.8 Å². The second-order valence-electron chi connectivity index (χ2n) is 5.32. The summed E-state index contributed by atoms with van der Waals surface area (Å²) in [6.45, 7) is 2.11. The Kier molecular flexibility index (Phi) is 3.26. The van der Waals surface area contributed by atoms with Gasteiger partial charge in [0, 0.05) is 17.6 Å². The van der Waals surface area contributed by atoms with Crippen molar-refractivity contribution in [1.29, 1.82) is 0 Å². The van der Waals surface area contributed by atoms with Crippen LogP contribution in [0, 0.1) is 0 Å². The van der Waals surface area contributed by atoms with Gasteiger partial charge in [-0.25, -0.2) is 0 Å². The number of phenols is 1. The molecule has 0 bridgehead atoms. The lowest BCUT2D eigenvalue weighted by molar-refractivity contribution is 0.429. The van der Waals surface area contributed by atoms with Gasteiger partial charge in [0.05, 0.1) is 0 Å². The van der Waals surface area contributed by atoms with E-state index in [1.165, 1.54) is 11.1 Å². The van der Waals surface area contributed by atoms with Gasteiger partial charge < -0.3 is 10.4 Å². The molecule has 2 nitrogen and oxygen atoms in total. The first-order valence-electron chi connectivity index (χ1n) is 6.85. The third-order valence-electron chi connectivity index (χ3n) is 3.94. The van der Waals surface area contributed by atoms with Crippen LogP contribution >= 0.6 is 0 Å². The van der Waals surface area contributed by atoms with E-state index in [0.717, 1.165) is 18.4 Å². The van der Waals surface area contributed by atoms with Gasteiger partial charge in [-0.2, -0.15) is 0 Å². The van der Waals surface area contributed by atoms with E-state index in [9.17, 15) is 5.11 Å². The lowest BCUT2D eigenvalue weighted by atomic mass is 10.1. The lowest BCUT2D eigenvalue weighted by Gasteiger charge is -2.20. The third-order valence-corrected chi connectivity index (χ3v) is 3.94. The SMILES string of the molecule is CC(NC1Cc2ccccc2C1)c1ccccc1O. The van der Waals surface area contributed by atoms with Gasteiger partial charge >= 0.3 is 0 Å². The molecule has 0 saturated heterocycles. The Morgan fingerprint density at radius 3 is 2.21 bits per heavy atom. The molecule has 0 aromatic heterocycles. The fourth-order valence-electron chi connectivity index (χ4n) is 2.97. The molecular weight excluding hydrogens is 234 g/mol. The molecule has 0 heterocycles. The zero-order valence-electron chi connectivity index (χ0n) is 11.1. The third kappa shape index (κ3) is 2.49. The summed E-state index contributed by atoms with van der Waals surface area (Å²) >= 11 is 0. The van der Waals surface area contributed by atoms with Gasteiger partial charge in [0.1, 0.15) is 5.75 Å². The minimum Gasteiger partial charge on any atom is -0.508 e. The van der Waals surface area contributed by atoms with Crippen LogP contribution in [-0.4, -0.2) is 11.1 Å². The molecule has 0 spiro atoms. The van der Waals surface area contributed by atoms with Crippen LogP contribution in [0.3, 0.4) is 0 Å². The molecular formula is C17H19NO. The Labute approximate surface area is 114 Å². The van der Waals surface area contributed by atoms with Gasteiger partial charge in [-0.3, -0.25) is 0 Å². The first-order valence-corrected chi connectivity index (χ1v) is 6.85. The van der Waals surface area contributed by atoms with Crippen molar-refractivity contribution in [3.8, 4) is 5.75 Å². The molecule has 0 fully saturated rings. The molecule has 0 saturated carbocycles. The fraction of sp³-hybridized carbons (Fsp3) is 0.294. The maximum atomic E-state index is 9.89. The molecule has 2 heteroatoms. The van der Waals surface area contributed by atoms with Gasteiger partial charge in [0.25, 0.3) is 0 Å². The van der Waals surface area contributed by atoms with E-state index in [1.807, 2.05) is 18.2 Å². The van der Waals surface area contributed by atoms with Crippen molar-refractivity contribution >= 4 is 0 Å². The second kappa shape index (κ2) is 5.06. The van der Waals surface area contributed by atoms with Crippen LogP contribution < -0.4 is 5.32 Å². The van der Waals surface area contributed by atoms with E-state index < -0.39 is 0 Å². The highest BCUT2D eigenvalue weighted by molar-refractivity contribution is 5.36. The molecule has 1 atom stereocenters. The Balaban J connectivity index is 1.69. The summed E-state index contributed by atoms with van der Waals surface area (Å²) < 4.78 is 0. The number of phenolic OH excluding ortho intramolecular Hbond substituents is 1. The van der Waals surface area contributed by atoms with Gasteiger partial charge in [-0.05, 0) is 37.0 Å². The normalized spacial score (nSPS) is 16.3. The molecule has 0 amide bonds. The fourth-order valence-corrected chi connectivity index (χ4v) is 2.97. The lowest BCUT2D eigenvalue weighted by Crippen LogP contribution is -2.32. The molecule has 1 unspecified atom stereocenters. The summed E-state index contributed by atoms with van der Waals surface area (Å²) in [5.41, 5.74) is 3.87. The monoisotopic (exact) mass is 253 g/mol. The zero-order valence-corrected chi connectivity index (χ0v) is 11.1. The molecule has 19 heavy (non-hydrogen) atoms. The molecule has 3 rings (SSSR count). The van der Waals surface area contributed by atoms with Crippen molar-refractivity contribution in [2.24, 2.45) is 0 Å². The van der Waals surface area contributed by atoms with Crippen LogP contribution in [0.1, 0.15) is 29.7 Å². The first kappa shape index (κ1) is 12.2. The number of hydrogen-bond acceptors (Lipinski definition) is 2. The average Bonchev–Trinajstić information content (AvgIpc) is 2.81. The molecule has 98 valence electrons. The molecule has 0 radical (unpaired) electrons.